The van der Waals surface area contributed by atoms with E-state index in [0.717, 1.165) is 0 Å². The van der Waals surface area contributed by atoms with Crippen LogP contribution >= 0.6 is 0 Å². The molecule has 0 aliphatic heterocycles. The molecule has 0 aliphatic rings. The molecule has 0 amide bonds. The Morgan fingerprint density at radius 1 is 1.10 bits per heavy atom. The zero-order chi connectivity index (χ0) is 7.98. The first-order chi connectivity index (χ1) is 4.72. The van der Waals surface area contributed by atoms with E-state index in [0.29, 0.717) is 5.57 Å². The lowest BCUT2D eigenvalue weighted by atomic mass is 10.2. The Labute approximate surface area is 61.8 Å². The largest absolute Gasteiger partial charge is 0.207 e. The first-order valence-corrected chi connectivity index (χ1v) is 3.34. The molecule has 0 aliphatic carbocycles. The molecule has 1 heteroatoms. The molecular weight excluding hydrogens is 127 g/mol. The molecule has 0 saturated heterocycles. The molecule has 0 heterocycles. The predicted molar refractivity (Wildman–Crippen MR) is 43.4 cm³/mol. The van der Waals surface area contributed by atoms with Gasteiger partial charge in [0.25, 0.3) is 0 Å². The zero-order valence-electron chi connectivity index (χ0n) is 6.69. The van der Waals surface area contributed by atoms with Crippen LogP contribution in [-0.2, 0) is 0 Å². The first-order valence-electron chi connectivity index (χ1n) is 3.34. The lowest BCUT2D eigenvalue weighted by molar-refractivity contribution is 0.658. The van der Waals surface area contributed by atoms with Crippen molar-refractivity contribution < 1.29 is 4.39 Å². The summed E-state index contributed by atoms with van der Waals surface area (Å²) in [4.78, 5) is 0. The van der Waals surface area contributed by atoms with E-state index in [9.17, 15) is 4.39 Å². The lowest BCUT2D eigenvalue weighted by Gasteiger charge is -1.90. The summed E-state index contributed by atoms with van der Waals surface area (Å²) < 4.78 is 12.7. The van der Waals surface area contributed by atoms with Crippen molar-refractivity contribution in [3.8, 4) is 0 Å². The minimum Gasteiger partial charge on any atom is -0.207 e. The van der Waals surface area contributed by atoms with Gasteiger partial charge in [0.2, 0.25) is 0 Å². The van der Waals surface area contributed by atoms with Crippen LogP contribution in [0.3, 0.4) is 0 Å². The van der Waals surface area contributed by atoms with Crippen molar-refractivity contribution in [3.05, 3.63) is 35.7 Å². The van der Waals surface area contributed by atoms with Crippen molar-refractivity contribution in [2.45, 2.75) is 20.8 Å². The summed E-state index contributed by atoms with van der Waals surface area (Å²) in [6.45, 7) is 5.41. The summed E-state index contributed by atoms with van der Waals surface area (Å²) in [5.41, 5.74) is 0.667. The molecular formula is C9H13F. The number of hydrogen-bond donors (Lipinski definition) is 0. The maximum atomic E-state index is 12.7. The van der Waals surface area contributed by atoms with Gasteiger partial charge in [-0.15, -0.1) is 0 Å². The molecule has 0 aromatic rings. The fraction of sp³-hybridized carbons (Fsp3) is 0.333. The molecule has 0 nitrogen and oxygen atoms in total. The number of hydrogen-bond acceptors (Lipinski definition) is 0. The van der Waals surface area contributed by atoms with Crippen molar-refractivity contribution in [2.75, 3.05) is 0 Å². The van der Waals surface area contributed by atoms with Crippen LogP contribution in [0.5, 0.6) is 0 Å². The maximum Gasteiger partial charge on any atom is 0.125 e. The zero-order valence-corrected chi connectivity index (χ0v) is 6.69. The van der Waals surface area contributed by atoms with Crippen molar-refractivity contribution >= 4 is 0 Å². The smallest absolute Gasteiger partial charge is 0.125 e. The lowest BCUT2D eigenvalue weighted by Crippen LogP contribution is -1.72. The van der Waals surface area contributed by atoms with Gasteiger partial charge in [0.15, 0.2) is 0 Å². The van der Waals surface area contributed by atoms with Crippen LogP contribution in [0.15, 0.2) is 35.7 Å². The van der Waals surface area contributed by atoms with Crippen molar-refractivity contribution in [1.82, 2.24) is 0 Å². The van der Waals surface area contributed by atoms with E-state index >= 15 is 0 Å². The summed E-state index contributed by atoms with van der Waals surface area (Å²) in [6.07, 6.45) is 6.70. The van der Waals surface area contributed by atoms with Crippen molar-refractivity contribution in [2.24, 2.45) is 0 Å². The van der Waals surface area contributed by atoms with Gasteiger partial charge < -0.3 is 0 Å². The van der Waals surface area contributed by atoms with Gasteiger partial charge in [-0.25, -0.2) is 4.39 Å². The van der Waals surface area contributed by atoms with Gasteiger partial charge in [0.1, 0.15) is 5.83 Å². The highest BCUT2D eigenvalue weighted by atomic mass is 19.1. The van der Waals surface area contributed by atoms with Gasteiger partial charge in [-0.2, -0.15) is 0 Å². The Balaban J connectivity index is 4.33. The Morgan fingerprint density at radius 2 is 1.60 bits per heavy atom. The Kier molecular flexibility index (Phi) is 4.55. The monoisotopic (exact) mass is 140 g/mol. The Morgan fingerprint density at radius 3 is 2.00 bits per heavy atom. The third-order valence-electron chi connectivity index (χ3n) is 1.11. The van der Waals surface area contributed by atoms with Crippen LogP contribution < -0.4 is 0 Å². The number of allylic oxidation sites excluding steroid dienone is 6. The summed E-state index contributed by atoms with van der Waals surface area (Å²) in [5, 5.41) is 0. The predicted octanol–water partition coefficient (Wildman–Crippen LogP) is 3.38. The standard InChI is InChI=1S/C9H13F/c1-4-6-8(3)9(10)7-5-2/h4-7H,1-3H3/b6-4-,7-5+,9-8+. The van der Waals surface area contributed by atoms with Crippen LogP contribution in [0.25, 0.3) is 0 Å². The second kappa shape index (κ2) is 4.98. The van der Waals surface area contributed by atoms with Gasteiger partial charge in [0.05, 0.1) is 0 Å². The molecule has 0 aromatic heterocycles. The van der Waals surface area contributed by atoms with E-state index in [1.165, 1.54) is 6.08 Å². The van der Waals surface area contributed by atoms with E-state index in [4.69, 9.17) is 0 Å². The highest BCUT2D eigenvalue weighted by molar-refractivity contribution is 5.26. The molecule has 0 N–H and O–H groups in total. The third kappa shape index (κ3) is 3.23. The highest BCUT2D eigenvalue weighted by Crippen LogP contribution is 2.07. The average Bonchev–Trinajstić information content (AvgIpc) is 1.89. The normalized spacial score (nSPS) is 14.8. The highest BCUT2D eigenvalue weighted by Gasteiger charge is 1.89. The molecule has 0 bridgehead atoms. The van der Waals surface area contributed by atoms with Crippen molar-refractivity contribution in [1.29, 1.82) is 0 Å². The SMILES string of the molecule is C\C=C/C(C)=C(F)\C=C\C. The van der Waals surface area contributed by atoms with Crippen LogP contribution in [0, 0.1) is 0 Å². The van der Waals surface area contributed by atoms with E-state index < -0.39 is 0 Å². The quantitative estimate of drug-likeness (QED) is 0.516. The molecule has 0 atom stereocenters. The van der Waals surface area contributed by atoms with Crippen LogP contribution in [0.4, 0.5) is 4.39 Å². The topological polar surface area (TPSA) is 0 Å². The summed E-state index contributed by atoms with van der Waals surface area (Å²) >= 11 is 0. The van der Waals surface area contributed by atoms with Crippen molar-refractivity contribution in [3.63, 3.8) is 0 Å². The molecule has 0 aromatic carbocycles. The Bertz CT molecular complexity index is 153. The summed E-state index contributed by atoms with van der Waals surface area (Å²) in [6, 6.07) is 0. The summed E-state index contributed by atoms with van der Waals surface area (Å²) in [7, 11) is 0. The van der Waals surface area contributed by atoms with Gasteiger partial charge in [-0.05, 0) is 32.4 Å². The fourth-order valence-corrected chi connectivity index (χ4v) is 0.607. The molecule has 0 fully saturated rings. The van der Waals surface area contributed by atoms with Crippen LogP contribution in [0.1, 0.15) is 20.8 Å². The van der Waals surface area contributed by atoms with Gasteiger partial charge in [0, 0.05) is 0 Å². The molecule has 10 heavy (non-hydrogen) atoms. The first kappa shape index (κ1) is 9.15. The Hall–Kier alpha value is -0.850. The minimum atomic E-state index is -0.166. The molecule has 0 saturated carbocycles. The second-order valence-electron chi connectivity index (χ2n) is 2.03. The molecule has 0 radical (unpaired) electrons. The summed E-state index contributed by atoms with van der Waals surface area (Å²) in [5.74, 6) is -0.166. The molecule has 0 unspecified atom stereocenters. The number of rotatable bonds is 2. The van der Waals surface area contributed by atoms with E-state index in [-0.39, 0.29) is 5.83 Å². The number of halogens is 1. The van der Waals surface area contributed by atoms with Gasteiger partial charge >= 0.3 is 0 Å². The average molecular weight is 140 g/mol. The molecule has 0 rings (SSSR count). The van der Waals surface area contributed by atoms with E-state index in [1.54, 1.807) is 26.0 Å². The third-order valence-corrected chi connectivity index (χ3v) is 1.11. The maximum absolute atomic E-state index is 12.7. The van der Waals surface area contributed by atoms with Crippen LogP contribution in [-0.4, -0.2) is 0 Å². The molecule has 56 valence electrons. The second-order valence-corrected chi connectivity index (χ2v) is 2.03. The van der Waals surface area contributed by atoms with Gasteiger partial charge in [-0.1, -0.05) is 18.2 Å². The van der Waals surface area contributed by atoms with Crippen LogP contribution in [0.2, 0.25) is 0 Å². The fourth-order valence-electron chi connectivity index (χ4n) is 0.607. The molecule has 0 spiro atoms. The van der Waals surface area contributed by atoms with Gasteiger partial charge in [-0.3, -0.25) is 0 Å². The van der Waals surface area contributed by atoms with E-state index in [2.05, 4.69) is 0 Å². The van der Waals surface area contributed by atoms with E-state index in [1.807, 2.05) is 13.0 Å². The minimum absolute atomic E-state index is 0.166.